The fourth-order valence-electron chi connectivity index (χ4n) is 1.70. The monoisotopic (exact) mass is 291 g/mol. The van der Waals surface area contributed by atoms with Gasteiger partial charge in [0.15, 0.2) is 0 Å². The highest BCUT2D eigenvalue weighted by Crippen LogP contribution is 2.25. The lowest BCUT2D eigenvalue weighted by Crippen LogP contribution is -2.41. The van der Waals surface area contributed by atoms with E-state index in [1.165, 1.54) is 0 Å². The summed E-state index contributed by atoms with van der Waals surface area (Å²) in [5, 5.41) is 3.62. The molecule has 0 radical (unpaired) electrons. The average Bonchev–Trinajstić information content (AvgIpc) is 2.12. The van der Waals surface area contributed by atoms with Crippen molar-refractivity contribution in [2.24, 2.45) is 0 Å². The van der Waals surface area contributed by atoms with Crippen LogP contribution >= 0.6 is 11.6 Å². The minimum absolute atomic E-state index is 0.297. The van der Waals surface area contributed by atoms with Crippen LogP contribution in [-0.4, -0.2) is 24.3 Å². The molecule has 1 aromatic rings. The number of rotatable bonds is 4. The van der Waals surface area contributed by atoms with E-state index in [0.717, 1.165) is 0 Å². The Balaban J connectivity index is 3.09. The Bertz CT molecular complexity index is 508. The molecule has 0 spiro atoms. The molecular formula is C12H18ClNO3S. The average molecular weight is 292 g/mol. The first-order valence-corrected chi connectivity index (χ1v) is 7.54. The fourth-order valence-corrected chi connectivity index (χ4v) is 2.65. The molecule has 4 nitrogen and oxygen atoms in total. The van der Waals surface area contributed by atoms with E-state index in [4.69, 9.17) is 16.2 Å². The van der Waals surface area contributed by atoms with Gasteiger partial charge in [-0.15, -0.1) is 0 Å². The van der Waals surface area contributed by atoms with Crippen molar-refractivity contribution in [2.75, 3.05) is 5.75 Å². The summed E-state index contributed by atoms with van der Waals surface area (Å²) < 4.78 is 31.2. The Morgan fingerprint density at radius 3 is 2.33 bits per heavy atom. The van der Waals surface area contributed by atoms with Crippen LogP contribution < -0.4 is 5.32 Å². The number of halogens is 1. The SMILES string of the molecule is CC(C)(C)N[C@@H](CS(=O)(=O)O)c1ccccc1Cl. The molecule has 0 aliphatic carbocycles. The smallest absolute Gasteiger partial charge is 0.266 e. The lowest BCUT2D eigenvalue weighted by Gasteiger charge is -2.28. The molecular weight excluding hydrogens is 274 g/mol. The molecule has 6 heteroatoms. The Labute approximate surface area is 113 Å². The van der Waals surface area contributed by atoms with Crippen molar-refractivity contribution < 1.29 is 13.0 Å². The quantitative estimate of drug-likeness (QED) is 0.837. The molecule has 1 aromatic carbocycles. The number of nitrogens with one attached hydrogen (secondary N) is 1. The van der Waals surface area contributed by atoms with Crippen LogP contribution in [0.1, 0.15) is 32.4 Å². The van der Waals surface area contributed by atoms with E-state index in [0.29, 0.717) is 10.6 Å². The molecule has 0 unspecified atom stereocenters. The normalized spacial score (nSPS) is 14.5. The van der Waals surface area contributed by atoms with Crippen molar-refractivity contribution >= 4 is 21.7 Å². The highest BCUT2D eigenvalue weighted by Gasteiger charge is 2.25. The lowest BCUT2D eigenvalue weighted by molar-refractivity contribution is 0.372. The molecule has 0 aromatic heterocycles. The summed E-state index contributed by atoms with van der Waals surface area (Å²) in [5.41, 5.74) is 0.362. The van der Waals surface area contributed by atoms with Crippen LogP contribution in [0.5, 0.6) is 0 Å². The Morgan fingerprint density at radius 1 is 1.33 bits per heavy atom. The fraction of sp³-hybridized carbons (Fsp3) is 0.500. The third kappa shape index (κ3) is 5.35. The maximum atomic E-state index is 11.1. The van der Waals surface area contributed by atoms with Crippen LogP contribution in [0, 0.1) is 0 Å². The highest BCUT2D eigenvalue weighted by molar-refractivity contribution is 7.85. The lowest BCUT2D eigenvalue weighted by atomic mass is 10.0. The van der Waals surface area contributed by atoms with Gasteiger partial charge in [-0.05, 0) is 32.4 Å². The predicted octanol–water partition coefficient (Wildman–Crippen LogP) is 2.66. The third-order valence-electron chi connectivity index (χ3n) is 2.27. The van der Waals surface area contributed by atoms with E-state index in [2.05, 4.69) is 5.32 Å². The predicted molar refractivity (Wildman–Crippen MR) is 73.5 cm³/mol. The van der Waals surface area contributed by atoms with Crippen LogP contribution in [-0.2, 0) is 10.1 Å². The maximum Gasteiger partial charge on any atom is 0.266 e. The first-order valence-electron chi connectivity index (χ1n) is 5.56. The molecule has 0 fully saturated rings. The molecule has 0 saturated heterocycles. The van der Waals surface area contributed by atoms with Crippen molar-refractivity contribution in [1.29, 1.82) is 0 Å². The van der Waals surface area contributed by atoms with Crippen molar-refractivity contribution in [1.82, 2.24) is 5.32 Å². The van der Waals surface area contributed by atoms with Crippen LogP contribution in [0.4, 0.5) is 0 Å². The second kappa shape index (κ2) is 5.57. The minimum atomic E-state index is -4.08. The van der Waals surface area contributed by atoms with Crippen molar-refractivity contribution in [2.45, 2.75) is 32.4 Å². The van der Waals surface area contributed by atoms with Gasteiger partial charge in [0.1, 0.15) is 0 Å². The zero-order chi connectivity index (χ0) is 14.0. The third-order valence-corrected chi connectivity index (χ3v) is 3.36. The molecule has 1 atom stereocenters. The van der Waals surface area contributed by atoms with Crippen LogP contribution in [0.3, 0.4) is 0 Å². The van der Waals surface area contributed by atoms with Crippen LogP contribution in [0.25, 0.3) is 0 Å². The van der Waals surface area contributed by atoms with Gasteiger partial charge in [0.2, 0.25) is 0 Å². The Kier molecular flexibility index (Phi) is 4.78. The van der Waals surface area contributed by atoms with E-state index in [-0.39, 0.29) is 5.54 Å². The van der Waals surface area contributed by atoms with Crippen LogP contribution in [0.2, 0.25) is 5.02 Å². The molecule has 2 N–H and O–H groups in total. The van der Waals surface area contributed by atoms with Gasteiger partial charge in [-0.2, -0.15) is 8.42 Å². The minimum Gasteiger partial charge on any atom is -0.304 e. The highest BCUT2D eigenvalue weighted by atomic mass is 35.5. The standard InChI is InChI=1S/C12H18ClNO3S/c1-12(2,3)14-11(8-18(15,16)17)9-6-4-5-7-10(9)13/h4-7,11,14H,8H2,1-3H3,(H,15,16,17)/t11-/m0/s1. The molecule has 0 aliphatic heterocycles. The summed E-state index contributed by atoms with van der Waals surface area (Å²) in [6.45, 7) is 5.75. The van der Waals surface area contributed by atoms with E-state index in [9.17, 15) is 8.42 Å². The van der Waals surface area contributed by atoms with Crippen molar-refractivity contribution in [3.8, 4) is 0 Å². The van der Waals surface area contributed by atoms with E-state index < -0.39 is 21.9 Å². The summed E-state index contributed by atoms with van der Waals surface area (Å²) in [6, 6.07) is 6.44. The van der Waals surface area contributed by atoms with E-state index >= 15 is 0 Å². The summed E-state index contributed by atoms with van der Waals surface area (Å²) in [7, 11) is -4.08. The van der Waals surface area contributed by atoms with E-state index in [1.54, 1.807) is 24.3 Å². The van der Waals surface area contributed by atoms with Gasteiger partial charge in [-0.3, -0.25) is 4.55 Å². The maximum absolute atomic E-state index is 11.1. The first kappa shape index (κ1) is 15.4. The topological polar surface area (TPSA) is 66.4 Å². The summed E-state index contributed by atoms with van der Waals surface area (Å²) in [5.74, 6) is -0.409. The molecule has 0 bridgehead atoms. The van der Waals surface area contributed by atoms with Crippen molar-refractivity contribution in [3.63, 3.8) is 0 Å². The van der Waals surface area contributed by atoms with Gasteiger partial charge in [-0.1, -0.05) is 29.8 Å². The van der Waals surface area contributed by atoms with E-state index in [1.807, 2.05) is 20.8 Å². The molecule has 0 aliphatic rings. The molecule has 0 saturated carbocycles. The van der Waals surface area contributed by atoms with Gasteiger partial charge >= 0.3 is 0 Å². The van der Waals surface area contributed by atoms with Gasteiger partial charge in [0, 0.05) is 10.6 Å². The van der Waals surface area contributed by atoms with Gasteiger partial charge in [0.25, 0.3) is 10.1 Å². The summed E-state index contributed by atoms with van der Waals surface area (Å²) in [6.07, 6.45) is 0. The number of hydrogen-bond donors (Lipinski definition) is 2. The number of hydrogen-bond acceptors (Lipinski definition) is 3. The molecule has 0 amide bonds. The Hall–Kier alpha value is -0.620. The van der Waals surface area contributed by atoms with Gasteiger partial charge in [0.05, 0.1) is 11.8 Å². The Morgan fingerprint density at radius 2 is 1.89 bits per heavy atom. The summed E-state index contributed by atoms with van der Waals surface area (Å²) >= 11 is 6.06. The second-order valence-electron chi connectivity index (χ2n) is 5.22. The van der Waals surface area contributed by atoms with Crippen LogP contribution in [0.15, 0.2) is 24.3 Å². The largest absolute Gasteiger partial charge is 0.304 e. The molecule has 1 rings (SSSR count). The number of benzene rings is 1. The zero-order valence-electron chi connectivity index (χ0n) is 10.6. The molecule has 18 heavy (non-hydrogen) atoms. The van der Waals surface area contributed by atoms with Crippen molar-refractivity contribution in [3.05, 3.63) is 34.9 Å². The molecule has 102 valence electrons. The summed E-state index contributed by atoms with van der Waals surface area (Å²) in [4.78, 5) is 0. The second-order valence-corrected chi connectivity index (χ2v) is 7.12. The van der Waals surface area contributed by atoms with Gasteiger partial charge < -0.3 is 5.32 Å². The first-order chi connectivity index (χ1) is 8.08. The molecule has 0 heterocycles. The zero-order valence-corrected chi connectivity index (χ0v) is 12.2. The van der Waals surface area contributed by atoms with Gasteiger partial charge in [-0.25, -0.2) is 0 Å².